The second-order valence-electron chi connectivity index (χ2n) is 7.73. The Balaban J connectivity index is 1.71. The fourth-order valence-corrected chi connectivity index (χ4v) is 5.40. The van der Waals surface area contributed by atoms with Gasteiger partial charge in [0.05, 0.1) is 10.6 Å². The first-order valence-electron chi connectivity index (χ1n) is 10.6. The zero-order valence-corrected chi connectivity index (χ0v) is 20.2. The van der Waals surface area contributed by atoms with Crippen LogP contribution in [0.15, 0.2) is 58.4 Å². The van der Waals surface area contributed by atoms with E-state index in [0.29, 0.717) is 17.5 Å². The minimum atomic E-state index is -3.68. The summed E-state index contributed by atoms with van der Waals surface area (Å²) < 4.78 is 52.7. The number of carbonyl (C=O) groups is 1. The summed E-state index contributed by atoms with van der Waals surface area (Å²) in [6.45, 7) is 2.25. The number of sulfonamides is 2. The number of nitrogens with zero attached hydrogens (tertiary/aromatic N) is 1. The fourth-order valence-electron chi connectivity index (χ4n) is 3.39. The topological polar surface area (TPSA) is 134 Å². The van der Waals surface area contributed by atoms with Crippen molar-refractivity contribution in [2.75, 3.05) is 7.05 Å². The van der Waals surface area contributed by atoms with E-state index in [1.165, 1.54) is 13.1 Å². The minimum absolute atomic E-state index is 0.121. The van der Waals surface area contributed by atoms with Gasteiger partial charge in [0.1, 0.15) is 11.9 Å². The van der Waals surface area contributed by atoms with E-state index in [4.69, 9.17) is 0 Å². The van der Waals surface area contributed by atoms with Crippen LogP contribution < -0.4 is 14.8 Å². The Hall–Kier alpha value is -2.76. The minimum Gasteiger partial charge on any atom is -0.350 e. The molecule has 0 aliphatic carbocycles. The molecule has 0 saturated heterocycles. The normalized spacial score (nSPS) is 16.7. The molecule has 3 N–H and O–H groups in total. The molecule has 2 aromatic carbocycles. The molecule has 11 heteroatoms. The van der Waals surface area contributed by atoms with Gasteiger partial charge in [0, 0.05) is 12.1 Å². The molecule has 1 atom stereocenters. The van der Waals surface area contributed by atoms with E-state index in [2.05, 4.69) is 19.8 Å². The number of rotatable bonds is 10. The highest BCUT2D eigenvalue weighted by Crippen LogP contribution is 2.23. The number of amides is 1. The Morgan fingerprint density at radius 2 is 1.76 bits per heavy atom. The van der Waals surface area contributed by atoms with Gasteiger partial charge in [0.2, 0.25) is 15.9 Å². The van der Waals surface area contributed by atoms with Gasteiger partial charge in [-0.1, -0.05) is 56.2 Å². The maximum Gasteiger partial charge on any atom is 0.263 e. The molecule has 0 fully saturated rings. The average Bonchev–Trinajstić information content (AvgIpc) is 3.05. The van der Waals surface area contributed by atoms with Crippen LogP contribution in [-0.4, -0.2) is 41.7 Å². The van der Waals surface area contributed by atoms with Crippen molar-refractivity contribution >= 4 is 31.8 Å². The number of amidine groups is 1. The van der Waals surface area contributed by atoms with Crippen LogP contribution in [0.25, 0.3) is 0 Å². The van der Waals surface area contributed by atoms with Gasteiger partial charge >= 0.3 is 0 Å². The van der Waals surface area contributed by atoms with Gasteiger partial charge in [-0.2, -0.15) is 0 Å². The number of unbranched alkanes of at least 4 members (excludes halogenated alkanes) is 1. The summed E-state index contributed by atoms with van der Waals surface area (Å²) in [5.41, 5.74) is 1.90. The highest BCUT2D eigenvalue weighted by atomic mass is 32.2. The molecule has 33 heavy (non-hydrogen) atoms. The smallest absolute Gasteiger partial charge is 0.263 e. The Kier molecular flexibility index (Phi) is 7.88. The molecule has 0 saturated carbocycles. The molecular formula is C22H28N4O5S2. The lowest BCUT2D eigenvalue weighted by atomic mass is 10.1. The van der Waals surface area contributed by atoms with E-state index < -0.39 is 26.1 Å². The van der Waals surface area contributed by atoms with E-state index in [1.807, 2.05) is 6.92 Å². The molecule has 1 aliphatic rings. The molecule has 0 unspecified atom stereocenters. The lowest BCUT2D eigenvalue weighted by Crippen LogP contribution is -2.35. The standard InChI is InChI=1S/C22H28N4O5S2/c1-3-4-8-19(25-21-18-7-5-6-9-20(18)33(30,31)26-21)22(27)24-14-16-10-12-17(13-11-16)15-32(28,29)23-2/h5-7,9-13,19,23H,3-4,8,14-15H2,1-2H3,(H,24,27)(H,25,26)/t19-/m1/s1. The third-order valence-corrected chi connectivity index (χ3v) is 7.97. The van der Waals surface area contributed by atoms with Crippen molar-refractivity contribution in [3.63, 3.8) is 0 Å². The number of carbonyl (C=O) groups excluding carboxylic acids is 1. The third kappa shape index (κ3) is 6.40. The largest absolute Gasteiger partial charge is 0.350 e. The number of nitrogens with one attached hydrogen (secondary N) is 3. The number of aliphatic imine (C=N–C) groups is 1. The summed E-state index contributed by atoms with van der Waals surface area (Å²) in [5.74, 6) is -0.247. The predicted molar refractivity (Wildman–Crippen MR) is 127 cm³/mol. The zero-order chi connectivity index (χ0) is 24.1. The zero-order valence-electron chi connectivity index (χ0n) is 18.5. The summed E-state index contributed by atoms with van der Waals surface area (Å²) in [4.78, 5) is 17.5. The molecule has 1 amide bonds. The monoisotopic (exact) mass is 492 g/mol. The Labute approximate surface area is 194 Å². The van der Waals surface area contributed by atoms with E-state index in [0.717, 1.165) is 18.4 Å². The van der Waals surface area contributed by atoms with Crippen LogP contribution in [0.2, 0.25) is 0 Å². The van der Waals surface area contributed by atoms with E-state index in [-0.39, 0.29) is 28.9 Å². The Bertz CT molecular complexity index is 1240. The quantitative estimate of drug-likeness (QED) is 0.464. The Morgan fingerprint density at radius 3 is 2.42 bits per heavy atom. The van der Waals surface area contributed by atoms with Crippen molar-refractivity contribution in [1.82, 2.24) is 14.8 Å². The summed E-state index contributed by atoms with van der Waals surface area (Å²) in [7, 11) is -5.67. The maximum atomic E-state index is 12.9. The number of fused-ring (bicyclic) bond motifs is 1. The van der Waals surface area contributed by atoms with Crippen molar-refractivity contribution < 1.29 is 21.6 Å². The lowest BCUT2D eigenvalue weighted by molar-refractivity contribution is -0.122. The van der Waals surface area contributed by atoms with Crippen LogP contribution >= 0.6 is 0 Å². The van der Waals surface area contributed by atoms with Crippen LogP contribution in [-0.2, 0) is 37.1 Å². The molecule has 0 radical (unpaired) electrons. The van der Waals surface area contributed by atoms with Crippen LogP contribution in [0.4, 0.5) is 0 Å². The average molecular weight is 493 g/mol. The molecule has 2 aromatic rings. The maximum absolute atomic E-state index is 12.9. The first-order chi connectivity index (χ1) is 15.6. The van der Waals surface area contributed by atoms with E-state index in [1.54, 1.807) is 42.5 Å². The second-order valence-corrected chi connectivity index (χ2v) is 11.3. The molecule has 0 spiro atoms. The lowest BCUT2D eigenvalue weighted by Gasteiger charge is -2.14. The van der Waals surface area contributed by atoms with Crippen molar-refractivity contribution in [1.29, 1.82) is 0 Å². The van der Waals surface area contributed by atoms with Gasteiger partial charge in [0.25, 0.3) is 10.0 Å². The van der Waals surface area contributed by atoms with Crippen LogP contribution in [0, 0.1) is 0 Å². The molecule has 3 rings (SSSR count). The van der Waals surface area contributed by atoms with Gasteiger partial charge < -0.3 is 5.32 Å². The van der Waals surface area contributed by atoms with Crippen molar-refractivity contribution in [3.8, 4) is 0 Å². The van der Waals surface area contributed by atoms with Crippen LogP contribution in [0.3, 0.4) is 0 Å². The van der Waals surface area contributed by atoms with E-state index >= 15 is 0 Å². The van der Waals surface area contributed by atoms with Gasteiger partial charge in [-0.25, -0.2) is 21.6 Å². The highest BCUT2D eigenvalue weighted by molar-refractivity contribution is 7.90. The summed E-state index contributed by atoms with van der Waals surface area (Å²) >= 11 is 0. The summed E-state index contributed by atoms with van der Waals surface area (Å²) in [6, 6.07) is 12.7. The van der Waals surface area contributed by atoms with Gasteiger partial charge in [-0.05, 0) is 36.7 Å². The van der Waals surface area contributed by atoms with Crippen molar-refractivity contribution in [3.05, 3.63) is 65.2 Å². The molecule has 178 valence electrons. The van der Waals surface area contributed by atoms with Gasteiger partial charge in [0.15, 0.2) is 0 Å². The van der Waals surface area contributed by atoms with Gasteiger partial charge in [-0.3, -0.25) is 14.5 Å². The first-order valence-corrected chi connectivity index (χ1v) is 13.8. The molecular weight excluding hydrogens is 464 g/mol. The Morgan fingerprint density at radius 1 is 1.09 bits per heavy atom. The first kappa shape index (κ1) is 24.9. The molecule has 9 nitrogen and oxygen atoms in total. The fraction of sp³-hybridized carbons (Fsp3) is 0.364. The molecule has 1 aliphatic heterocycles. The number of benzene rings is 2. The van der Waals surface area contributed by atoms with Crippen LogP contribution in [0.5, 0.6) is 0 Å². The third-order valence-electron chi connectivity index (χ3n) is 5.24. The molecule has 0 aromatic heterocycles. The van der Waals surface area contributed by atoms with Crippen molar-refractivity contribution in [2.45, 2.75) is 49.4 Å². The number of hydrogen-bond donors (Lipinski definition) is 3. The highest BCUT2D eigenvalue weighted by Gasteiger charge is 2.31. The summed E-state index contributed by atoms with van der Waals surface area (Å²) in [5, 5.41) is 2.85. The summed E-state index contributed by atoms with van der Waals surface area (Å²) in [6.07, 6.45) is 2.11. The van der Waals surface area contributed by atoms with Gasteiger partial charge in [-0.15, -0.1) is 0 Å². The molecule has 1 heterocycles. The predicted octanol–water partition coefficient (Wildman–Crippen LogP) is 1.65. The SMILES string of the molecule is CCCC[C@@H](N=C1NS(=O)(=O)c2ccccc21)C(=O)NCc1ccc(CS(=O)(=O)NC)cc1. The molecule has 0 bridgehead atoms. The second kappa shape index (κ2) is 10.4. The van der Waals surface area contributed by atoms with Crippen molar-refractivity contribution in [2.24, 2.45) is 4.99 Å². The number of hydrogen-bond acceptors (Lipinski definition) is 6. The van der Waals surface area contributed by atoms with Crippen LogP contribution in [0.1, 0.15) is 42.9 Å². The van der Waals surface area contributed by atoms with E-state index in [9.17, 15) is 21.6 Å².